The van der Waals surface area contributed by atoms with Gasteiger partial charge in [0.05, 0.1) is 19.3 Å². The molecule has 1 atom stereocenters. The van der Waals surface area contributed by atoms with Gasteiger partial charge in [0.15, 0.2) is 0 Å². The summed E-state index contributed by atoms with van der Waals surface area (Å²) in [5, 5.41) is 4.01. The number of rotatable bonds is 8. The lowest BCUT2D eigenvalue weighted by molar-refractivity contribution is 0.0520. The van der Waals surface area contributed by atoms with Crippen LogP contribution in [0, 0.1) is 0 Å². The highest BCUT2D eigenvalue weighted by atomic mass is 35.5. The first-order valence-electron chi connectivity index (χ1n) is 5.78. The molecule has 0 bridgehead atoms. The summed E-state index contributed by atoms with van der Waals surface area (Å²) in [5.74, 6) is 0. The van der Waals surface area contributed by atoms with Crippen molar-refractivity contribution in [3.63, 3.8) is 0 Å². The summed E-state index contributed by atoms with van der Waals surface area (Å²) < 4.78 is 10.7. The van der Waals surface area contributed by atoms with Crippen LogP contribution in [0.3, 0.4) is 0 Å². The van der Waals surface area contributed by atoms with Crippen molar-refractivity contribution in [3.05, 3.63) is 34.9 Å². The van der Waals surface area contributed by atoms with Gasteiger partial charge in [-0.05, 0) is 24.6 Å². The third-order valence-corrected chi connectivity index (χ3v) is 2.61. The Labute approximate surface area is 108 Å². The Morgan fingerprint density at radius 3 is 2.65 bits per heavy atom. The van der Waals surface area contributed by atoms with E-state index in [4.69, 9.17) is 21.1 Å². The summed E-state index contributed by atoms with van der Waals surface area (Å²) in [6.07, 6.45) is 0.183. The maximum atomic E-state index is 5.81. The second kappa shape index (κ2) is 8.48. The summed E-state index contributed by atoms with van der Waals surface area (Å²) in [6, 6.07) is 7.71. The van der Waals surface area contributed by atoms with Gasteiger partial charge in [0.2, 0.25) is 0 Å². The molecule has 0 heterocycles. The minimum Gasteiger partial charge on any atom is -0.383 e. The second-order valence-corrected chi connectivity index (χ2v) is 4.38. The first-order chi connectivity index (χ1) is 8.22. The highest BCUT2D eigenvalue weighted by molar-refractivity contribution is 6.30. The van der Waals surface area contributed by atoms with Crippen LogP contribution in [0.15, 0.2) is 24.3 Å². The molecular formula is C13H20ClNO2. The molecular weight excluding hydrogens is 238 g/mol. The quantitative estimate of drug-likeness (QED) is 0.726. The molecule has 1 N–H and O–H groups in total. The van der Waals surface area contributed by atoms with Crippen LogP contribution in [0.4, 0.5) is 0 Å². The van der Waals surface area contributed by atoms with Gasteiger partial charge in [-0.2, -0.15) is 0 Å². The zero-order valence-electron chi connectivity index (χ0n) is 10.4. The number of hydrogen-bond donors (Lipinski definition) is 1. The van der Waals surface area contributed by atoms with E-state index in [9.17, 15) is 0 Å². The predicted molar refractivity (Wildman–Crippen MR) is 70.4 cm³/mol. The van der Waals surface area contributed by atoms with Crippen LogP contribution < -0.4 is 5.32 Å². The molecule has 0 aliphatic heterocycles. The lowest BCUT2D eigenvalue weighted by Gasteiger charge is -2.14. The molecule has 96 valence electrons. The highest BCUT2D eigenvalue weighted by Crippen LogP contribution is 2.10. The number of ether oxygens (including phenoxy) is 2. The molecule has 0 spiro atoms. The fraction of sp³-hybridized carbons (Fsp3) is 0.538. The van der Waals surface area contributed by atoms with Gasteiger partial charge >= 0.3 is 0 Å². The highest BCUT2D eigenvalue weighted by Gasteiger charge is 2.02. The Hall–Kier alpha value is -0.610. The minimum absolute atomic E-state index is 0.183. The number of methoxy groups -OCH3 is 1. The van der Waals surface area contributed by atoms with Crippen molar-refractivity contribution in [1.29, 1.82) is 0 Å². The molecule has 1 rings (SSSR count). The van der Waals surface area contributed by atoms with Crippen molar-refractivity contribution in [3.8, 4) is 0 Å². The number of halogens is 1. The van der Waals surface area contributed by atoms with E-state index in [0.717, 1.165) is 30.3 Å². The van der Waals surface area contributed by atoms with E-state index in [0.29, 0.717) is 6.61 Å². The Balaban J connectivity index is 2.14. The molecule has 0 aliphatic carbocycles. The Kier molecular flexibility index (Phi) is 7.21. The number of nitrogens with one attached hydrogen (secondary N) is 1. The largest absolute Gasteiger partial charge is 0.383 e. The average Bonchev–Trinajstić information content (AvgIpc) is 2.34. The van der Waals surface area contributed by atoms with Gasteiger partial charge in [-0.1, -0.05) is 23.7 Å². The van der Waals surface area contributed by atoms with E-state index in [1.165, 1.54) is 0 Å². The van der Waals surface area contributed by atoms with E-state index < -0.39 is 0 Å². The molecule has 0 fully saturated rings. The van der Waals surface area contributed by atoms with Crippen LogP contribution in [0.1, 0.15) is 12.5 Å². The van der Waals surface area contributed by atoms with Crippen LogP contribution in [-0.2, 0) is 16.1 Å². The van der Waals surface area contributed by atoms with Crippen LogP contribution in [-0.4, -0.2) is 32.9 Å². The SMILES string of the molecule is COCCNCC(C)OCc1ccc(Cl)cc1. The fourth-order valence-corrected chi connectivity index (χ4v) is 1.48. The smallest absolute Gasteiger partial charge is 0.0721 e. The van der Waals surface area contributed by atoms with Crippen LogP contribution in [0.25, 0.3) is 0 Å². The third-order valence-electron chi connectivity index (χ3n) is 2.36. The van der Waals surface area contributed by atoms with Crippen molar-refractivity contribution in [1.82, 2.24) is 5.32 Å². The summed E-state index contributed by atoms with van der Waals surface area (Å²) >= 11 is 5.81. The first-order valence-corrected chi connectivity index (χ1v) is 6.16. The van der Waals surface area contributed by atoms with E-state index >= 15 is 0 Å². The molecule has 1 aromatic rings. The lowest BCUT2D eigenvalue weighted by atomic mass is 10.2. The average molecular weight is 258 g/mol. The van der Waals surface area contributed by atoms with Gasteiger partial charge in [-0.15, -0.1) is 0 Å². The molecule has 0 aromatic heterocycles. The molecule has 1 unspecified atom stereocenters. The zero-order chi connectivity index (χ0) is 12.5. The van der Waals surface area contributed by atoms with Crippen molar-refractivity contribution >= 4 is 11.6 Å². The summed E-state index contributed by atoms with van der Waals surface area (Å²) in [7, 11) is 1.70. The predicted octanol–water partition coefficient (Wildman–Crippen LogP) is 2.48. The van der Waals surface area contributed by atoms with Crippen LogP contribution in [0.5, 0.6) is 0 Å². The maximum absolute atomic E-state index is 5.81. The Bertz CT molecular complexity index is 303. The van der Waals surface area contributed by atoms with Crippen molar-refractivity contribution in [2.75, 3.05) is 26.8 Å². The molecule has 4 heteroatoms. The first kappa shape index (κ1) is 14.5. The molecule has 0 radical (unpaired) electrons. The fourth-order valence-electron chi connectivity index (χ4n) is 1.36. The van der Waals surface area contributed by atoms with Crippen LogP contribution >= 0.6 is 11.6 Å². The number of hydrogen-bond acceptors (Lipinski definition) is 3. The van der Waals surface area contributed by atoms with Crippen LogP contribution in [0.2, 0.25) is 5.02 Å². The van der Waals surface area contributed by atoms with E-state index in [-0.39, 0.29) is 6.10 Å². The van der Waals surface area contributed by atoms with Gasteiger partial charge in [-0.3, -0.25) is 0 Å². The van der Waals surface area contributed by atoms with Crippen molar-refractivity contribution < 1.29 is 9.47 Å². The lowest BCUT2D eigenvalue weighted by Crippen LogP contribution is -2.29. The molecule has 0 aliphatic rings. The Morgan fingerprint density at radius 2 is 2.00 bits per heavy atom. The van der Waals surface area contributed by atoms with Gasteiger partial charge in [0.1, 0.15) is 0 Å². The van der Waals surface area contributed by atoms with E-state index in [2.05, 4.69) is 12.2 Å². The molecule has 0 saturated heterocycles. The molecule has 0 saturated carbocycles. The molecule has 3 nitrogen and oxygen atoms in total. The van der Waals surface area contributed by atoms with E-state index in [1.807, 2.05) is 24.3 Å². The molecule has 1 aromatic carbocycles. The molecule has 17 heavy (non-hydrogen) atoms. The summed E-state index contributed by atoms with van der Waals surface area (Å²) in [4.78, 5) is 0. The topological polar surface area (TPSA) is 30.5 Å². The molecule has 0 amide bonds. The summed E-state index contributed by atoms with van der Waals surface area (Å²) in [6.45, 7) is 5.08. The van der Waals surface area contributed by atoms with Gasteiger partial charge in [0.25, 0.3) is 0 Å². The van der Waals surface area contributed by atoms with Gasteiger partial charge in [-0.25, -0.2) is 0 Å². The van der Waals surface area contributed by atoms with Gasteiger partial charge in [0, 0.05) is 25.2 Å². The normalized spacial score (nSPS) is 12.6. The Morgan fingerprint density at radius 1 is 1.29 bits per heavy atom. The van der Waals surface area contributed by atoms with E-state index in [1.54, 1.807) is 7.11 Å². The number of benzene rings is 1. The summed E-state index contributed by atoms with van der Waals surface area (Å²) in [5.41, 5.74) is 1.14. The van der Waals surface area contributed by atoms with Crippen molar-refractivity contribution in [2.45, 2.75) is 19.6 Å². The zero-order valence-corrected chi connectivity index (χ0v) is 11.2. The standard InChI is InChI=1S/C13H20ClNO2/c1-11(9-15-7-8-16-2)17-10-12-3-5-13(14)6-4-12/h3-6,11,15H,7-10H2,1-2H3. The monoisotopic (exact) mass is 257 g/mol. The minimum atomic E-state index is 0.183. The maximum Gasteiger partial charge on any atom is 0.0721 e. The third kappa shape index (κ3) is 6.64. The van der Waals surface area contributed by atoms with Crippen molar-refractivity contribution in [2.24, 2.45) is 0 Å². The van der Waals surface area contributed by atoms with Gasteiger partial charge < -0.3 is 14.8 Å². The second-order valence-electron chi connectivity index (χ2n) is 3.95.